The van der Waals surface area contributed by atoms with E-state index in [0.29, 0.717) is 12.5 Å². The first-order valence-corrected chi connectivity index (χ1v) is 7.38. The molecule has 0 fully saturated rings. The summed E-state index contributed by atoms with van der Waals surface area (Å²) in [6, 6.07) is 8.32. The molecule has 2 aromatic rings. The number of benzene rings is 1. The van der Waals surface area contributed by atoms with E-state index in [-0.39, 0.29) is 24.0 Å². The van der Waals surface area contributed by atoms with Gasteiger partial charge in [0.15, 0.2) is 5.96 Å². The SMILES string of the molecule is Cn1nccc1CN=C(N)Nc1cccc2c1CCCC2.I. The normalized spacial score (nSPS) is 14.1. The molecule has 0 amide bonds. The van der Waals surface area contributed by atoms with Gasteiger partial charge in [-0.2, -0.15) is 5.10 Å². The minimum Gasteiger partial charge on any atom is -0.370 e. The number of hydrogen-bond donors (Lipinski definition) is 2. The van der Waals surface area contributed by atoms with Crippen LogP contribution in [0.25, 0.3) is 0 Å². The molecule has 0 spiro atoms. The first-order valence-electron chi connectivity index (χ1n) is 7.38. The van der Waals surface area contributed by atoms with Crippen molar-refractivity contribution < 1.29 is 0 Å². The Balaban J connectivity index is 0.00000176. The van der Waals surface area contributed by atoms with Crippen LogP contribution in [-0.2, 0) is 26.4 Å². The van der Waals surface area contributed by atoms with E-state index in [2.05, 4.69) is 33.6 Å². The first-order chi connectivity index (χ1) is 10.2. The summed E-state index contributed by atoms with van der Waals surface area (Å²) in [7, 11) is 1.90. The largest absolute Gasteiger partial charge is 0.370 e. The summed E-state index contributed by atoms with van der Waals surface area (Å²) in [4.78, 5) is 4.39. The maximum Gasteiger partial charge on any atom is 0.193 e. The highest BCUT2D eigenvalue weighted by Crippen LogP contribution is 2.27. The van der Waals surface area contributed by atoms with E-state index in [9.17, 15) is 0 Å². The topological polar surface area (TPSA) is 68.2 Å². The number of rotatable bonds is 3. The molecule has 0 bridgehead atoms. The Morgan fingerprint density at radius 3 is 2.91 bits per heavy atom. The van der Waals surface area contributed by atoms with Gasteiger partial charge < -0.3 is 11.1 Å². The van der Waals surface area contributed by atoms with E-state index < -0.39 is 0 Å². The number of guanidine groups is 1. The van der Waals surface area contributed by atoms with Crippen LogP contribution in [-0.4, -0.2) is 15.7 Å². The summed E-state index contributed by atoms with van der Waals surface area (Å²) in [5.74, 6) is 0.454. The van der Waals surface area contributed by atoms with Crippen LogP contribution in [0.4, 0.5) is 5.69 Å². The number of hydrogen-bond acceptors (Lipinski definition) is 2. The third kappa shape index (κ3) is 3.79. The molecule has 1 aromatic heterocycles. The summed E-state index contributed by atoms with van der Waals surface area (Å²) in [6.07, 6.45) is 6.57. The highest BCUT2D eigenvalue weighted by molar-refractivity contribution is 14.0. The van der Waals surface area contributed by atoms with Crippen LogP contribution < -0.4 is 11.1 Å². The van der Waals surface area contributed by atoms with Crippen molar-refractivity contribution in [3.05, 3.63) is 47.3 Å². The highest BCUT2D eigenvalue weighted by atomic mass is 127. The molecule has 22 heavy (non-hydrogen) atoms. The van der Waals surface area contributed by atoms with Gasteiger partial charge in [-0.25, -0.2) is 4.99 Å². The van der Waals surface area contributed by atoms with Crippen molar-refractivity contribution in [1.29, 1.82) is 0 Å². The van der Waals surface area contributed by atoms with Crippen LogP contribution in [0.3, 0.4) is 0 Å². The zero-order valence-electron chi connectivity index (χ0n) is 12.7. The summed E-state index contributed by atoms with van der Waals surface area (Å²) in [6.45, 7) is 0.532. The lowest BCUT2D eigenvalue weighted by atomic mass is 9.90. The highest BCUT2D eigenvalue weighted by Gasteiger charge is 2.13. The molecule has 1 aliphatic rings. The number of aliphatic imine (C=N–C) groups is 1. The summed E-state index contributed by atoms with van der Waals surface area (Å²) >= 11 is 0. The van der Waals surface area contributed by atoms with Gasteiger partial charge in [-0.3, -0.25) is 4.68 Å². The van der Waals surface area contributed by atoms with Crippen LogP contribution in [0, 0.1) is 0 Å². The summed E-state index contributed by atoms with van der Waals surface area (Å²) < 4.78 is 1.81. The van der Waals surface area contributed by atoms with Gasteiger partial charge in [-0.05, 0) is 48.9 Å². The Morgan fingerprint density at radius 2 is 2.14 bits per heavy atom. The fourth-order valence-electron chi connectivity index (χ4n) is 2.80. The molecule has 6 heteroatoms. The molecule has 5 nitrogen and oxygen atoms in total. The van der Waals surface area contributed by atoms with E-state index in [1.165, 1.54) is 24.0 Å². The molecule has 0 saturated heterocycles. The van der Waals surface area contributed by atoms with Crippen molar-refractivity contribution >= 4 is 35.6 Å². The maximum absolute atomic E-state index is 6.01. The predicted octanol–water partition coefficient (Wildman–Crippen LogP) is 2.84. The van der Waals surface area contributed by atoms with Gasteiger partial charge in [0.1, 0.15) is 0 Å². The van der Waals surface area contributed by atoms with Crippen molar-refractivity contribution in [3.8, 4) is 0 Å². The molecule has 3 N–H and O–H groups in total. The van der Waals surface area contributed by atoms with Gasteiger partial charge in [0.25, 0.3) is 0 Å². The number of nitrogens with zero attached hydrogens (tertiary/aromatic N) is 3. The lowest BCUT2D eigenvalue weighted by Gasteiger charge is -2.19. The molecule has 118 valence electrons. The third-order valence-electron chi connectivity index (χ3n) is 3.99. The van der Waals surface area contributed by atoms with E-state index in [1.54, 1.807) is 10.9 Å². The first kappa shape index (κ1) is 16.8. The lowest BCUT2D eigenvalue weighted by molar-refractivity contribution is 0.687. The number of anilines is 1. The Labute approximate surface area is 148 Å². The van der Waals surface area contributed by atoms with Crippen LogP contribution in [0.15, 0.2) is 35.5 Å². The Morgan fingerprint density at radius 1 is 1.32 bits per heavy atom. The van der Waals surface area contributed by atoms with Gasteiger partial charge in [0, 0.05) is 18.9 Å². The zero-order chi connectivity index (χ0) is 14.7. The minimum absolute atomic E-state index is 0. The van der Waals surface area contributed by atoms with Crippen LogP contribution in [0.5, 0.6) is 0 Å². The van der Waals surface area contributed by atoms with Crippen molar-refractivity contribution in [3.63, 3.8) is 0 Å². The van der Waals surface area contributed by atoms with Crippen molar-refractivity contribution in [1.82, 2.24) is 9.78 Å². The number of nitrogens with one attached hydrogen (secondary N) is 1. The molecule has 1 heterocycles. The third-order valence-corrected chi connectivity index (χ3v) is 3.99. The van der Waals surface area contributed by atoms with Gasteiger partial charge in [-0.1, -0.05) is 12.1 Å². The Kier molecular flexibility index (Phi) is 5.82. The molecule has 1 aliphatic carbocycles. The lowest BCUT2D eigenvalue weighted by Crippen LogP contribution is -2.24. The quantitative estimate of drug-likeness (QED) is 0.464. The molecular formula is C16H22IN5. The molecule has 0 unspecified atom stereocenters. The number of aryl methyl sites for hydroxylation is 2. The monoisotopic (exact) mass is 411 g/mol. The minimum atomic E-state index is 0. The molecule has 0 radical (unpaired) electrons. The molecular weight excluding hydrogens is 389 g/mol. The molecule has 0 saturated carbocycles. The van der Waals surface area contributed by atoms with E-state index >= 15 is 0 Å². The Hall–Kier alpha value is -1.57. The van der Waals surface area contributed by atoms with Crippen molar-refractivity contribution in [2.45, 2.75) is 32.2 Å². The predicted molar refractivity (Wildman–Crippen MR) is 101 cm³/mol. The molecule has 1 aromatic carbocycles. The number of aromatic nitrogens is 2. The summed E-state index contributed by atoms with van der Waals surface area (Å²) in [5, 5.41) is 7.37. The van der Waals surface area contributed by atoms with Gasteiger partial charge in [0.05, 0.1) is 12.2 Å². The fraction of sp³-hybridized carbons (Fsp3) is 0.375. The average molecular weight is 411 g/mol. The Bertz CT molecular complexity index is 662. The average Bonchev–Trinajstić information content (AvgIpc) is 2.91. The standard InChI is InChI=1S/C16H21N5.HI/c1-21-13(9-10-19-21)11-18-16(17)20-15-8-4-6-12-5-2-3-7-14(12)15;/h4,6,8-10H,2-3,5,7,11H2,1H3,(H3,17,18,20);1H. The fourth-order valence-corrected chi connectivity index (χ4v) is 2.80. The van der Waals surface area contributed by atoms with Crippen LogP contribution in [0.2, 0.25) is 0 Å². The second-order valence-electron chi connectivity index (χ2n) is 5.42. The van der Waals surface area contributed by atoms with Crippen molar-refractivity contribution in [2.75, 3.05) is 5.32 Å². The molecule has 3 rings (SSSR count). The zero-order valence-corrected chi connectivity index (χ0v) is 15.1. The van der Waals surface area contributed by atoms with Gasteiger partial charge in [0.2, 0.25) is 0 Å². The number of nitrogens with two attached hydrogens (primary N) is 1. The van der Waals surface area contributed by atoms with Gasteiger partial charge >= 0.3 is 0 Å². The van der Waals surface area contributed by atoms with E-state index in [1.807, 2.05) is 13.1 Å². The van der Waals surface area contributed by atoms with Crippen molar-refractivity contribution in [2.24, 2.45) is 17.8 Å². The second kappa shape index (κ2) is 7.62. The molecule has 0 aliphatic heterocycles. The van der Waals surface area contributed by atoms with Crippen LogP contribution >= 0.6 is 24.0 Å². The smallest absolute Gasteiger partial charge is 0.193 e. The molecule has 0 atom stereocenters. The number of fused-ring (bicyclic) bond motifs is 1. The number of halogens is 1. The summed E-state index contributed by atoms with van der Waals surface area (Å²) in [5.41, 5.74) is 11.0. The van der Waals surface area contributed by atoms with E-state index in [0.717, 1.165) is 24.2 Å². The van der Waals surface area contributed by atoms with Crippen LogP contribution in [0.1, 0.15) is 29.7 Å². The maximum atomic E-state index is 6.01. The van der Waals surface area contributed by atoms with E-state index in [4.69, 9.17) is 5.73 Å². The van der Waals surface area contributed by atoms with Gasteiger partial charge in [-0.15, -0.1) is 24.0 Å². The second-order valence-corrected chi connectivity index (χ2v) is 5.42.